The summed E-state index contributed by atoms with van der Waals surface area (Å²) in [5.74, 6) is 0.734. The fraction of sp³-hybridized carbons (Fsp3) is 0.400. The third kappa shape index (κ3) is 4.30. The molecule has 1 rings (SSSR count). The van der Waals surface area contributed by atoms with Gasteiger partial charge in [0.25, 0.3) is 0 Å². The van der Waals surface area contributed by atoms with Gasteiger partial charge in [-0.3, -0.25) is 0 Å². The Morgan fingerprint density at radius 3 is 2.60 bits per heavy atom. The van der Waals surface area contributed by atoms with Gasteiger partial charge in [-0.15, -0.1) is 5.43 Å². The van der Waals surface area contributed by atoms with Crippen molar-refractivity contribution in [3.8, 4) is 5.75 Å². The van der Waals surface area contributed by atoms with Crippen LogP contribution in [0.15, 0.2) is 24.3 Å². The van der Waals surface area contributed by atoms with Crippen LogP contribution >= 0.6 is 0 Å². The number of unbranched alkanes of at least 4 members (excludes halogenated alkanes) is 1. The fourth-order valence-electron chi connectivity index (χ4n) is 1.07. The Labute approximate surface area is 88.2 Å². The average molecular weight is 210 g/mol. The molecule has 5 heteroatoms. The maximum Gasteiger partial charge on any atom is 0.162 e. The first-order chi connectivity index (χ1) is 7.22. The van der Waals surface area contributed by atoms with Gasteiger partial charge in [0.2, 0.25) is 0 Å². The molecule has 0 aliphatic carbocycles. The second kappa shape index (κ2) is 5.85. The summed E-state index contributed by atoms with van der Waals surface area (Å²) in [6.45, 7) is 2.77. The Morgan fingerprint density at radius 2 is 2.07 bits per heavy atom. The van der Waals surface area contributed by atoms with E-state index in [0.29, 0.717) is 12.3 Å². The number of hydrogen-bond acceptors (Lipinski definition) is 3. The van der Waals surface area contributed by atoms with Crippen LogP contribution in [0, 0.1) is 10.1 Å². The van der Waals surface area contributed by atoms with Crippen molar-refractivity contribution in [1.29, 1.82) is 0 Å². The van der Waals surface area contributed by atoms with Gasteiger partial charge in [-0.2, -0.15) is 0 Å². The van der Waals surface area contributed by atoms with Gasteiger partial charge in [-0.05, 0) is 30.7 Å². The Bertz CT molecular complexity index is 311. The van der Waals surface area contributed by atoms with Gasteiger partial charge >= 0.3 is 0 Å². The maximum absolute atomic E-state index is 10.1. The van der Waals surface area contributed by atoms with Crippen molar-refractivity contribution in [2.45, 2.75) is 19.8 Å². The van der Waals surface area contributed by atoms with E-state index < -0.39 is 5.03 Å². The number of nitrogens with zero attached hydrogens (tertiary/aromatic N) is 1. The molecule has 0 fully saturated rings. The highest BCUT2D eigenvalue weighted by Gasteiger charge is 1.99. The van der Waals surface area contributed by atoms with Crippen molar-refractivity contribution in [2.24, 2.45) is 0 Å². The van der Waals surface area contributed by atoms with Gasteiger partial charge < -0.3 is 4.74 Å². The Hall–Kier alpha value is -1.78. The SMILES string of the molecule is CCCCOc1ccc(N[N+](=O)[O-])cc1. The Balaban J connectivity index is 2.45. The average Bonchev–Trinajstić information content (AvgIpc) is 2.20. The number of rotatable bonds is 6. The summed E-state index contributed by atoms with van der Waals surface area (Å²) in [6, 6.07) is 6.65. The zero-order chi connectivity index (χ0) is 11.1. The molecule has 5 nitrogen and oxygen atoms in total. The normalized spacial score (nSPS) is 9.67. The quantitative estimate of drug-likeness (QED) is 0.445. The van der Waals surface area contributed by atoms with Crippen molar-refractivity contribution in [3.05, 3.63) is 34.4 Å². The summed E-state index contributed by atoms with van der Waals surface area (Å²) in [5, 5.41) is 9.54. The summed E-state index contributed by atoms with van der Waals surface area (Å²) in [5.41, 5.74) is 2.51. The fourth-order valence-corrected chi connectivity index (χ4v) is 1.07. The molecule has 0 spiro atoms. The second-order valence-corrected chi connectivity index (χ2v) is 3.10. The molecule has 1 aromatic rings. The van der Waals surface area contributed by atoms with Crippen LogP contribution in [-0.2, 0) is 0 Å². The van der Waals surface area contributed by atoms with Gasteiger partial charge in [0.05, 0.1) is 6.61 Å². The third-order valence-corrected chi connectivity index (χ3v) is 1.84. The minimum Gasteiger partial charge on any atom is -0.494 e. The minimum atomic E-state index is -0.590. The predicted octanol–water partition coefficient (Wildman–Crippen LogP) is 2.47. The lowest BCUT2D eigenvalue weighted by molar-refractivity contribution is -0.445. The van der Waals surface area contributed by atoms with Crippen LogP contribution in [0.25, 0.3) is 0 Å². The highest BCUT2D eigenvalue weighted by molar-refractivity contribution is 5.44. The second-order valence-electron chi connectivity index (χ2n) is 3.10. The Kier molecular flexibility index (Phi) is 4.40. The number of nitrogens with one attached hydrogen (secondary N) is 1. The maximum atomic E-state index is 10.1. The lowest BCUT2D eigenvalue weighted by atomic mass is 10.3. The van der Waals surface area contributed by atoms with E-state index in [-0.39, 0.29) is 0 Å². The van der Waals surface area contributed by atoms with Crippen molar-refractivity contribution < 1.29 is 9.77 Å². The summed E-state index contributed by atoms with van der Waals surface area (Å²) >= 11 is 0. The molecule has 15 heavy (non-hydrogen) atoms. The molecule has 0 unspecified atom stereocenters. The molecule has 0 amide bonds. The zero-order valence-corrected chi connectivity index (χ0v) is 8.60. The molecular weight excluding hydrogens is 196 g/mol. The molecule has 0 aromatic heterocycles. The van der Waals surface area contributed by atoms with Crippen molar-refractivity contribution >= 4 is 5.69 Å². The first-order valence-electron chi connectivity index (χ1n) is 4.86. The highest BCUT2D eigenvalue weighted by atomic mass is 16.7. The predicted molar refractivity (Wildman–Crippen MR) is 57.5 cm³/mol. The van der Waals surface area contributed by atoms with Crippen LogP contribution in [0.3, 0.4) is 0 Å². The number of benzene rings is 1. The van der Waals surface area contributed by atoms with Gasteiger partial charge in [0, 0.05) is 0 Å². The molecule has 0 saturated heterocycles. The molecule has 0 saturated carbocycles. The molecule has 82 valence electrons. The summed E-state index contributed by atoms with van der Waals surface area (Å²) < 4.78 is 5.41. The number of hydrazine groups is 1. The standard InChI is InChI=1S/C10H14N2O3/c1-2-3-8-15-10-6-4-9(5-7-10)11-12(13)14/h4-7,11H,2-3,8H2,1H3. The van der Waals surface area contributed by atoms with Crippen LogP contribution in [0.1, 0.15) is 19.8 Å². The topological polar surface area (TPSA) is 64.4 Å². The summed E-state index contributed by atoms with van der Waals surface area (Å²) in [6.07, 6.45) is 2.09. The molecule has 0 radical (unpaired) electrons. The van der Waals surface area contributed by atoms with Gasteiger partial charge in [0.1, 0.15) is 11.4 Å². The highest BCUT2D eigenvalue weighted by Crippen LogP contribution is 2.15. The first kappa shape index (κ1) is 11.3. The molecule has 1 N–H and O–H groups in total. The number of nitro groups is 1. The zero-order valence-electron chi connectivity index (χ0n) is 8.60. The first-order valence-corrected chi connectivity index (χ1v) is 4.86. The van der Waals surface area contributed by atoms with E-state index in [1.807, 2.05) is 0 Å². The van der Waals surface area contributed by atoms with Gasteiger partial charge in [0.15, 0.2) is 5.03 Å². The van der Waals surface area contributed by atoms with E-state index >= 15 is 0 Å². The van der Waals surface area contributed by atoms with E-state index in [1.54, 1.807) is 24.3 Å². The largest absolute Gasteiger partial charge is 0.494 e. The smallest absolute Gasteiger partial charge is 0.162 e. The van der Waals surface area contributed by atoms with Crippen molar-refractivity contribution in [3.63, 3.8) is 0 Å². The third-order valence-electron chi connectivity index (χ3n) is 1.84. The van der Waals surface area contributed by atoms with Gasteiger partial charge in [-0.1, -0.05) is 13.3 Å². The van der Waals surface area contributed by atoms with E-state index in [0.717, 1.165) is 18.6 Å². The number of ether oxygens (including phenoxy) is 1. The van der Waals surface area contributed by atoms with E-state index in [2.05, 4.69) is 12.3 Å². The van der Waals surface area contributed by atoms with Crippen LogP contribution in [-0.4, -0.2) is 11.6 Å². The lowest BCUT2D eigenvalue weighted by Gasteiger charge is -2.05. The van der Waals surface area contributed by atoms with Crippen LogP contribution in [0.5, 0.6) is 5.75 Å². The summed E-state index contributed by atoms with van der Waals surface area (Å²) in [7, 11) is 0. The van der Waals surface area contributed by atoms with Crippen molar-refractivity contribution in [1.82, 2.24) is 0 Å². The lowest BCUT2D eigenvalue weighted by Crippen LogP contribution is -2.07. The molecule has 0 aliphatic rings. The van der Waals surface area contributed by atoms with Crippen LogP contribution in [0.4, 0.5) is 5.69 Å². The van der Waals surface area contributed by atoms with E-state index in [9.17, 15) is 10.1 Å². The minimum absolute atomic E-state index is 0.447. The van der Waals surface area contributed by atoms with Crippen LogP contribution < -0.4 is 10.2 Å². The molecule has 0 atom stereocenters. The molecule has 0 heterocycles. The molecular formula is C10H14N2O3. The van der Waals surface area contributed by atoms with Gasteiger partial charge in [-0.25, -0.2) is 10.1 Å². The molecule has 1 aromatic carbocycles. The van der Waals surface area contributed by atoms with Crippen molar-refractivity contribution in [2.75, 3.05) is 12.0 Å². The Morgan fingerprint density at radius 1 is 1.40 bits per heavy atom. The monoisotopic (exact) mass is 210 g/mol. The van der Waals surface area contributed by atoms with E-state index in [1.165, 1.54) is 0 Å². The molecule has 0 bridgehead atoms. The summed E-state index contributed by atoms with van der Waals surface area (Å²) in [4.78, 5) is 10.1. The number of hydrogen-bond donors (Lipinski definition) is 1. The number of anilines is 1. The molecule has 0 aliphatic heterocycles. The van der Waals surface area contributed by atoms with E-state index in [4.69, 9.17) is 4.74 Å². The van der Waals surface area contributed by atoms with Crippen LogP contribution in [0.2, 0.25) is 0 Å².